The molecular weight excluding hydrogens is 698 g/mol. The summed E-state index contributed by atoms with van der Waals surface area (Å²) in [5, 5.41) is 31.0. The summed E-state index contributed by atoms with van der Waals surface area (Å²) >= 11 is 12.9. The normalized spacial score (nSPS) is 14.8. The second kappa shape index (κ2) is 16.1. The molecule has 3 aromatic carbocycles. The third-order valence-electron chi connectivity index (χ3n) is 9.51. The third kappa shape index (κ3) is 8.82. The van der Waals surface area contributed by atoms with Gasteiger partial charge < -0.3 is 20.9 Å². The standard InChI is InChI=1S/C39H45Cl2FN10/c1-39(2,3)51-14-11-30(12-15-51)52-24-35(48-49-52)37(26-8-6-7-25(17-26)22-44-13-16-50(4)5)47-34-19-28(40)18-31-36(27(21-43)23-45-38(31)34)46-29-9-10-33(42)32(41)20-29/h6-10,17-20,23-24,30,37,44,47H,11-16,22H2,1-5H3,(H,45,46)/t37-/m0/s1. The number of likely N-dealkylation sites (tertiary alicyclic amines) is 1. The van der Waals surface area contributed by atoms with Gasteiger partial charge in [-0.3, -0.25) is 9.88 Å². The monoisotopic (exact) mass is 742 g/mol. The molecule has 2 aromatic heterocycles. The minimum atomic E-state index is -0.534. The maximum Gasteiger partial charge on any atom is 0.141 e. The molecule has 0 amide bonds. The highest BCUT2D eigenvalue weighted by atomic mass is 35.5. The number of hydrogen-bond donors (Lipinski definition) is 3. The Morgan fingerprint density at radius 3 is 2.58 bits per heavy atom. The summed E-state index contributed by atoms with van der Waals surface area (Å²) in [5.41, 5.74) is 5.57. The van der Waals surface area contributed by atoms with Gasteiger partial charge in [0, 0.05) is 60.6 Å². The van der Waals surface area contributed by atoms with Crippen molar-refractivity contribution in [3.05, 3.63) is 105 Å². The van der Waals surface area contributed by atoms with E-state index in [0.717, 1.165) is 55.8 Å². The second-order valence-electron chi connectivity index (χ2n) is 14.6. The lowest BCUT2D eigenvalue weighted by Gasteiger charge is -2.40. The minimum absolute atomic E-state index is 0.0342. The average molecular weight is 744 g/mol. The summed E-state index contributed by atoms with van der Waals surface area (Å²) in [6.07, 6.45) is 5.55. The number of nitrogens with zero attached hydrogens (tertiary/aromatic N) is 7. The summed E-state index contributed by atoms with van der Waals surface area (Å²) in [6, 6.07) is 18.4. The van der Waals surface area contributed by atoms with E-state index in [-0.39, 0.29) is 16.6 Å². The van der Waals surface area contributed by atoms with Crippen LogP contribution in [0, 0.1) is 17.1 Å². The van der Waals surface area contributed by atoms with E-state index in [0.29, 0.717) is 45.1 Å². The van der Waals surface area contributed by atoms with Crippen LogP contribution in [0.4, 0.5) is 21.5 Å². The summed E-state index contributed by atoms with van der Waals surface area (Å²) in [7, 11) is 4.12. The third-order valence-corrected chi connectivity index (χ3v) is 10.0. The van der Waals surface area contributed by atoms with E-state index in [1.807, 2.05) is 10.7 Å². The number of piperidine rings is 1. The van der Waals surface area contributed by atoms with Crippen LogP contribution in [0.15, 0.2) is 67.0 Å². The van der Waals surface area contributed by atoms with Gasteiger partial charge in [-0.2, -0.15) is 5.26 Å². The Morgan fingerprint density at radius 1 is 1.08 bits per heavy atom. The van der Waals surface area contributed by atoms with Crippen LogP contribution < -0.4 is 16.0 Å². The van der Waals surface area contributed by atoms with Crippen molar-refractivity contribution in [1.29, 1.82) is 5.26 Å². The molecule has 3 heterocycles. The molecule has 1 aliphatic rings. The van der Waals surface area contributed by atoms with Gasteiger partial charge in [0.1, 0.15) is 17.6 Å². The van der Waals surface area contributed by atoms with Crippen molar-refractivity contribution in [2.75, 3.05) is 50.9 Å². The first-order valence-electron chi connectivity index (χ1n) is 17.5. The van der Waals surface area contributed by atoms with E-state index in [4.69, 9.17) is 33.3 Å². The molecule has 1 atom stereocenters. The Bertz CT molecular complexity index is 2060. The number of nitriles is 1. The fourth-order valence-electron chi connectivity index (χ4n) is 6.62. The average Bonchev–Trinajstić information content (AvgIpc) is 3.60. The number of rotatable bonds is 12. The van der Waals surface area contributed by atoms with Crippen LogP contribution in [-0.4, -0.2) is 75.6 Å². The van der Waals surface area contributed by atoms with Crippen LogP contribution in [0.1, 0.15) is 68.1 Å². The van der Waals surface area contributed by atoms with Crippen molar-refractivity contribution in [3.63, 3.8) is 0 Å². The molecule has 0 saturated carbocycles. The lowest BCUT2D eigenvalue weighted by atomic mass is 9.98. The number of halogens is 3. The molecule has 0 radical (unpaired) electrons. The van der Waals surface area contributed by atoms with Crippen molar-refractivity contribution in [2.24, 2.45) is 0 Å². The van der Waals surface area contributed by atoms with Crippen molar-refractivity contribution in [1.82, 2.24) is 35.1 Å². The van der Waals surface area contributed by atoms with Crippen LogP contribution in [0.5, 0.6) is 0 Å². The highest BCUT2D eigenvalue weighted by Crippen LogP contribution is 2.38. The Hall–Kier alpha value is -4.31. The van der Waals surface area contributed by atoms with Crippen LogP contribution in [0.2, 0.25) is 10.0 Å². The molecular formula is C39H45Cl2FN10. The van der Waals surface area contributed by atoms with Gasteiger partial charge in [0.05, 0.1) is 45.8 Å². The topological polar surface area (TPSA) is 110 Å². The number of hydrogen-bond acceptors (Lipinski definition) is 9. The molecule has 10 nitrogen and oxygen atoms in total. The maximum absolute atomic E-state index is 14.0. The largest absolute Gasteiger partial charge is 0.371 e. The summed E-state index contributed by atoms with van der Waals surface area (Å²) in [6.45, 7) is 11.3. The zero-order valence-corrected chi connectivity index (χ0v) is 31.7. The molecule has 1 aliphatic heterocycles. The van der Waals surface area contributed by atoms with Crippen LogP contribution in [-0.2, 0) is 6.54 Å². The molecule has 0 aliphatic carbocycles. The van der Waals surface area contributed by atoms with E-state index in [2.05, 4.69) is 102 Å². The molecule has 5 aromatic rings. The van der Waals surface area contributed by atoms with E-state index >= 15 is 0 Å². The number of anilines is 3. The number of benzene rings is 3. The summed E-state index contributed by atoms with van der Waals surface area (Å²) < 4.78 is 16.0. The molecule has 0 spiro atoms. The number of nitrogens with one attached hydrogen (secondary N) is 3. The van der Waals surface area contributed by atoms with Gasteiger partial charge in [0.2, 0.25) is 0 Å². The van der Waals surface area contributed by atoms with Gasteiger partial charge >= 0.3 is 0 Å². The summed E-state index contributed by atoms with van der Waals surface area (Å²) in [4.78, 5) is 9.40. The van der Waals surface area contributed by atoms with Gasteiger partial charge in [-0.15, -0.1) is 5.10 Å². The molecule has 13 heteroatoms. The quantitative estimate of drug-likeness (QED) is 0.109. The Kier molecular flexibility index (Phi) is 11.6. The first-order valence-corrected chi connectivity index (χ1v) is 18.3. The Morgan fingerprint density at radius 2 is 1.87 bits per heavy atom. The van der Waals surface area contributed by atoms with Crippen LogP contribution in [0.3, 0.4) is 0 Å². The molecule has 52 heavy (non-hydrogen) atoms. The predicted octanol–water partition coefficient (Wildman–Crippen LogP) is 8.18. The van der Waals surface area contributed by atoms with Gasteiger partial charge in [-0.05, 0) is 89.2 Å². The Balaban J connectivity index is 1.37. The second-order valence-corrected chi connectivity index (χ2v) is 15.4. The van der Waals surface area contributed by atoms with Gasteiger partial charge in [0.15, 0.2) is 0 Å². The molecule has 1 saturated heterocycles. The molecule has 272 valence electrons. The molecule has 1 fully saturated rings. The van der Waals surface area contributed by atoms with Gasteiger partial charge in [0.25, 0.3) is 0 Å². The summed E-state index contributed by atoms with van der Waals surface area (Å²) in [5.74, 6) is -0.534. The lowest BCUT2D eigenvalue weighted by molar-refractivity contribution is 0.0866. The first kappa shape index (κ1) is 37.4. The zero-order valence-electron chi connectivity index (χ0n) is 30.2. The fourth-order valence-corrected chi connectivity index (χ4v) is 7.02. The zero-order chi connectivity index (χ0) is 37.0. The molecule has 0 unspecified atom stereocenters. The molecule has 0 bridgehead atoms. The van der Waals surface area contributed by atoms with E-state index in [1.54, 1.807) is 12.1 Å². The fraction of sp³-hybridized carbons (Fsp3) is 0.385. The highest BCUT2D eigenvalue weighted by molar-refractivity contribution is 6.32. The number of aromatic nitrogens is 4. The SMILES string of the molecule is CN(C)CCNCc1cccc([C@H](Nc2cc(Cl)cc3c(Nc4ccc(F)c(Cl)c4)c(C#N)cnc23)c2cn(C3CCN(C(C)(C)C)CC3)nn2)c1. The van der Waals surface area contributed by atoms with Crippen LogP contribution >= 0.6 is 23.2 Å². The number of likely N-dealkylation sites (N-methyl/N-ethyl adjacent to an activating group) is 1. The predicted molar refractivity (Wildman–Crippen MR) is 208 cm³/mol. The van der Waals surface area contributed by atoms with Crippen LogP contribution in [0.25, 0.3) is 10.9 Å². The van der Waals surface area contributed by atoms with Crippen molar-refractivity contribution in [3.8, 4) is 6.07 Å². The van der Waals surface area contributed by atoms with Crippen molar-refractivity contribution < 1.29 is 4.39 Å². The maximum atomic E-state index is 14.0. The van der Waals surface area contributed by atoms with Gasteiger partial charge in [-0.25, -0.2) is 9.07 Å². The molecule has 3 N–H and O–H groups in total. The van der Waals surface area contributed by atoms with Crippen molar-refractivity contribution in [2.45, 2.75) is 57.8 Å². The van der Waals surface area contributed by atoms with E-state index in [1.165, 1.54) is 18.3 Å². The smallest absolute Gasteiger partial charge is 0.141 e. The highest BCUT2D eigenvalue weighted by Gasteiger charge is 2.29. The first-order chi connectivity index (χ1) is 24.9. The number of pyridine rings is 1. The Labute approximate surface area is 314 Å². The van der Waals surface area contributed by atoms with Crippen molar-refractivity contribution >= 4 is 51.2 Å². The van der Waals surface area contributed by atoms with Gasteiger partial charge in [-0.1, -0.05) is 52.7 Å². The minimum Gasteiger partial charge on any atom is -0.371 e. The molecule has 6 rings (SSSR count). The van der Waals surface area contributed by atoms with E-state index < -0.39 is 11.9 Å². The van der Waals surface area contributed by atoms with E-state index in [9.17, 15) is 9.65 Å². The number of fused-ring (bicyclic) bond motifs is 1. The lowest BCUT2D eigenvalue weighted by Crippen LogP contribution is -2.46.